The topological polar surface area (TPSA) is 138 Å². The number of hydrogen-bond acceptors (Lipinski definition) is 4. The maximum Gasteiger partial charge on any atom is 0.303 e. The van der Waals surface area contributed by atoms with Crippen LogP contribution in [0.15, 0.2) is 24.4 Å². The summed E-state index contributed by atoms with van der Waals surface area (Å²) in [6.45, 7) is 0.0555. The second-order valence-corrected chi connectivity index (χ2v) is 5.34. The van der Waals surface area contributed by atoms with E-state index < -0.39 is 23.6 Å². The number of carbonyl (C=O) groups excluding carboxylic acids is 2. The van der Waals surface area contributed by atoms with Gasteiger partial charge in [-0.05, 0) is 24.1 Å². The van der Waals surface area contributed by atoms with Crippen LogP contribution in [-0.4, -0.2) is 39.6 Å². The Bertz CT molecular complexity index is 803. The number of halogens is 1. The van der Waals surface area contributed by atoms with E-state index in [0.717, 1.165) is 0 Å². The Balaban J connectivity index is 2.23. The van der Waals surface area contributed by atoms with Crippen LogP contribution in [0.25, 0.3) is 11.3 Å². The molecule has 0 aliphatic carbocycles. The fraction of sp³-hybridized carbons (Fsp3) is 0.250. The fourth-order valence-electron chi connectivity index (χ4n) is 2.23. The predicted octanol–water partition coefficient (Wildman–Crippen LogP) is 0.838. The zero-order valence-electron chi connectivity index (χ0n) is 13.2. The summed E-state index contributed by atoms with van der Waals surface area (Å²) in [6, 6.07) is 4.18. The maximum absolute atomic E-state index is 14.2. The lowest BCUT2D eigenvalue weighted by atomic mass is 10.0. The number of rotatable bonds is 8. The van der Waals surface area contributed by atoms with Crippen molar-refractivity contribution in [3.8, 4) is 11.3 Å². The predicted molar refractivity (Wildman–Crippen MR) is 86.1 cm³/mol. The highest BCUT2D eigenvalue weighted by molar-refractivity contribution is 6.00. The molecule has 1 aromatic heterocycles. The molecule has 5 N–H and O–H groups in total. The number of aromatic amines is 1. The molecule has 2 amide bonds. The van der Waals surface area contributed by atoms with E-state index >= 15 is 0 Å². The molecule has 9 heteroatoms. The van der Waals surface area contributed by atoms with Crippen LogP contribution in [0.5, 0.6) is 0 Å². The largest absolute Gasteiger partial charge is 0.481 e. The van der Waals surface area contributed by atoms with E-state index in [1.54, 1.807) is 0 Å². The number of primary amides is 1. The molecule has 0 atom stereocenters. The molecular weight excluding hydrogens is 331 g/mol. The monoisotopic (exact) mass is 348 g/mol. The van der Waals surface area contributed by atoms with Crippen molar-refractivity contribution >= 4 is 17.8 Å². The first-order valence-electron chi connectivity index (χ1n) is 7.49. The van der Waals surface area contributed by atoms with Gasteiger partial charge in [-0.25, -0.2) is 4.39 Å². The Morgan fingerprint density at radius 2 is 2.04 bits per heavy atom. The number of amides is 2. The molecule has 0 saturated carbocycles. The zero-order chi connectivity index (χ0) is 18.4. The summed E-state index contributed by atoms with van der Waals surface area (Å²) in [4.78, 5) is 33.5. The van der Waals surface area contributed by atoms with E-state index in [0.29, 0.717) is 5.56 Å². The van der Waals surface area contributed by atoms with Crippen LogP contribution >= 0.6 is 0 Å². The minimum atomic E-state index is -0.957. The molecule has 0 bridgehead atoms. The van der Waals surface area contributed by atoms with E-state index in [1.165, 1.54) is 24.4 Å². The Labute approximate surface area is 142 Å². The number of hydrogen-bond donors (Lipinski definition) is 4. The SMILES string of the molecule is NC(=O)CCNC(=O)c1cn[nH]c1-c1cc(CCC(=O)O)ccc1F. The van der Waals surface area contributed by atoms with Gasteiger partial charge in [-0.3, -0.25) is 19.5 Å². The van der Waals surface area contributed by atoms with Crippen molar-refractivity contribution in [3.63, 3.8) is 0 Å². The molecule has 2 aromatic rings. The third kappa shape index (κ3) is 4.87. The third-order valence-corrected chi connectivity index (χ3v) is 3.47. The number of aliphatic carboxylic acids is 1. The van der Waals surface area contributed by atoms with Gasteiger partial charge in [0.1, 0.15) is 5.82 Å². The zero-order valence-corrected chi connectivity index (χ0v) is 13.2. The lowest BCUT2D eigenvalue weighted by Crippen LogP contribution is -2.28. The minimum absolute atomic E-state index is 0.0159. The van der Waals surface area contributed by atoms with Gasteiger partial charge in [-0.1, -0.05) is 6.07 Å². The first kappa shape index (κ1) is 18.1. The molecule has 1 heterocycles. The van der Waals surface area contributed by atoms with Crippen molar-refractivity contribution in [1.82, 2.24) is 15.5 Å². The molecule has 8 nitrogen and oxygen atoms in total. The highest BCUT2D eigenvalue weighted by Gasteiger charge is 2.18. The van der Waals surface area contributed by atoms with Crippen molar-refractivity contribution in [2.45, 2.75) is 19.3 Å². The van der Waals surface area contributed by atoms with E-state index in [2.05, 4.69) is 15.5 Å². The lowest BCUT2D eigenvalue weighted by molar-refractivity contribution is -0.137. The molecule has 0 fully saturated rings. The molecular formula is C16H17FN4O4. The second-order valence-electron chi connectivity index (χ2n) is 5.34. The van der Waals surface area contributed by atoms with E-state index in [-0.39, 0.29) is 42.6 Å². The van der Waals surface area contributed by atoms with Gasteiger partial charge in [0, 0.05) is 24.9 Å². The van der Waals surface area contributed by atoms with Crippen LogP contribution in [0.1, 0.15) is 28.8 Å². The van der Waals surface area contributed by atoms with Crippen molar-refractivity contribution in [1.29, 1.82) is 0 Å². The average molecular weight is 348 g/mol. The van der Waals surface area contributed by atoms with Crippen molar-refractivity contribution in [3.05, 3.63) is 41.3 Å². The highest BCUT2D eigenvalue weighted by atomic mass is 19.1. The number of aryl methyl sites for hydroxylation is 1. The van der Waals surface area contributed by atoms with Crippen molar-refractivity contribution < 1.29 is 23.9 Å². The number of benzene rings is 1. The molecule has 132 valence electrons. The molecule has 0 unspecified atom stereocenters. The Morgan fingerprint density at radius 3 is 2.72 bits per heavy atom. The van der Waals surface area contributed by atoms with Gasteiger partial charge in [0.15, 0.2) is 0 Å². The Morgan fingerprint density at radius 1 is 1.28 bits per heavy atom. The van der Waals surface area contributed by atoms with Crippen molar-refractivity contribution in [2.24, 2.45) is 5.73 Å². The molecule has 0 saturated heterocycles. The van der Waals surface area contributed by atoms with Crippen molar-refractivity contribution in [2.75, 3.05) is 6.54 Å². The summed E-state index contributed by atoms with van der Waals surface area (Å²) in [7, 11) is 0. The summed E-state index contributed by atoms with van der Waals surface area (Å²) in [5, 5.41) is 17.6. The van der Waals surface area contributed by atoms with Gasteiger partial charge < -0.3 is 16.2 Å². The van der Waals surface area contributed by atoms with Gasteiger partial charge in [-0.15, -0.1) is 0 Å². The number of aromatic nitrogens is 2. The molecule has 2 rings (SSSR count). The molecule has 0 radical (unpaired) electrons. The normalized spacial score (nSPS) is 10.4. The Kier molecular flexibility index (Phi) is 5.83. The first-order chi connectivity index (χ1) is 11.9. The number of H-pyrrole nitrogens is 1. The summed E-state index contributed by atoms with van der Waals surface area (Å²) in [5.74, 6) is -2.61. The average Bonchev–Trinajstić information content (AvgIpc) is 3.03. The van der Waals surface area contributed by atoms with Crippen LogP contribution in [0.3, 0.4) is 0 Å². The second kappa shape index (κ2) is 8.04. The van der Waals surface area contributed by atoms with Gasteiger partial charge in [0.05, 0.1) is 17.5 Å². The van der Waals surface area contributed by atoms with Gasteiger partial charge >= 0.3 is 5.97 Å². The van der Waals surface area contributed by atoms with Crippen LogP contribution in [-0.2, 0) is 16.0 Å². The van der Waals surface area contributed by atoms with Gasteiger partial charge in [0.2, 0.25) is 5.91 Å². The Hall–Kier alpha value is -3.23. The van der Waals surface area contributed by atoms with Crippen LogP contribution in [0.4, 0.5) is 4.39 Å². The number of nitrogens with zero attached hydrogens (tertiary/aromatic N) is 1. The van der Waals surface area contributed by atoms with E-state index in [1.807, 2.05) is 0 Å². The molecule has 0 aliphatic rings. The smallest absolute Gasteiger partial charge is 0.303 e. The molecule has 25 heavy (non-hydrogen) atoms. The van der Waals surface area contributed by atoms with E-state index in [4.69, 9.17) is 10.8 Å². The maximum atomic E-state index is 14.2. The summed E-state index contributed by atoms with van der Waals surface area (Å²) < 4.78 is 14.2. The quantitative estimate of drug-likeness (QED) is 0.560. The first-order valence-corrected chi connectivity index (χ1v) is 7.49. The fourth-order valence-corrected chi connectivity index (χ4v) is 2.23. The number of nitrogens with one attached hydrogen (secondary N) is 2. The lowest BCUT2D eigenvalue weighted by Gasteiger charge is -2.08. The number of carbonyl (C=O) groups is 3. The summed E-state index contributed by atoms with van der Waals surface area (Å²) in [6.07, 6.45) is 1.38. The molecule has 1 aromatic carbocycles. The number of carboxylic acids is 1. The van der Waals surface area contributed by atoms with Crippen LogP contribution < -0.4 is 11.1 Å². The summed E-state index contributed by atoms with van der Waals surface area (Å²) in [5.41, 5.74) is 6.02. The van der Waals surface area contributed by atoms with E-state index in [9.17, 15) is 18.8 Å². The van der Waals surface area contributed by atoms with Crippen LogP contribution in [0.2, 0.25) is 0 Å². The molecule has 0 aliphatic heterocycles. The number of nitrogens with two attached hydrogens (primary N) is 1. The standard InChI is InChI=1S/C16H17FN4O4/c17-12-3-1-9(2-4-14(23)24)7-10(12)15-11(8-20-21-15)16(25)19-6-5-13(18)22/h1,3,7-8H,2,4-6H2,(H2,18,22)(H,19,25)(H,20,21)(H,23,24). The minimum Gasteiger partial charge on any atom is -0.481 e. The van der Waals surface area contributed by atoms with Crippen LogP contribution in [0, 0.1) is 5.82 Å². The third-order valence-electron chi connectivity index (χ3n) is 3.47. The summed E-state index contributed by atoms with van der Waals surface area (Å²) >= 11 is 0. The van der Waals surface area contributed by atoms with Gasteiger partial charge in [-0.2, -0.15) is 5.10 Å². The highest BCUT2D eigenvalue weighted by Crippen LogP contribution is 2.26. The molecule has 0 spiro atoms. The number of carboxylic acid groups (broad SMARTS) is 1. The van der Waals surface area contributed by atoms with Gasteiger partial charge in [0.25, 0.3) is 5.91 Å².